The second-order valence-corrected chi connectivity index (χ2v) is 2.90. The van der Waals surface area contributed by atoms with Gasteiger partial charge in [0.1, 0.15) is 5.75 Å². The predicted molar refractivity (Wildman–Crippen MR) is 62.7 cm³/mol. The molecule has 1 aromatic carbocycles. The molecule has 0 bridgehead atoms. The van der Waals surface area contributed by atoms with Crippen molar-refractivity contribution in [1.82, 2.24) is 0 Å². The minimum absolute atomic E-state index is 0.142. The van der Waals surface area contributed by atoms with Crippen LogP contribution in [0.2, 0.25) is 0 Å². The summed E-state index contributed by atoms with van der Waals surface area (Å²) < 4.78 is 9.04. The molecule has 1 N–H and O–H groups in total. The van der Waals surface area contributed by atoms with Gasteiger partial charge in [0.2, 0.25) is 6.29 Å². The number of aldehydes is 1. The van der Waals surface area contributed by atoms with Crippen molar-refractivity contribution in [2.75, 3.05) is 13.7 Å². The molecule has 1 rings (SSSR count). The third-order valence-corrected chi connectivity index (χ3v) is 1.72. The van der Waals surface area contributed by atoms with Crippen molar-refractivity contribution >= 4 is 18.2 Å². The fourth-order valence-corrected chi connectivity index (χ4v) is 0.910. The number of hydrogen-bond donors (Lipinski definition) is 1. The Morgan fingerprint density at radius 1 is 1.28 bits per heavy atom. The summed E-state index contributed by atoms with van der Waals surface area (Å²) in [6, 6.07) is 6.23. The smallest absolute Gasteiger partial charge is 0.371 e. The van der Waals surface area contributed by atoms with Crippen molar-refractivity contribution in [1.29, 1.82) is 0 Å². The Morgan fingerprint density at radius 3 is 2.11 bits per heavy atom. The van der Waals surface area contributed by atoms with E-state index >= 15 is 0 Å². The first-order valence-electron chi connectivity index (χ1n) is 5.04. The topological polar surface area (TPSA) is 89.9 Å². The van der Waals surface area contributed by atoms with Crippen molar-refractivity contribution < 1.29 is 29.0 Å². The van der Waals surface area contributed by atoms with Crippen LogP contribution in [-0.4, -0.2) is 37.0 Å². The molecular formula is C12H14O6. The molecule has 6 nitrogen and oxygen atoms in total. The third kappa shape index (κ3) is 6.26. The van der Waals surface area contributed by atoms with Crippen molar-refractivity contribution in [2.24, 2.45) is 0 Å². The van der Waals surface area contributed by atoms with Crippen LogP contribution in [0.15, 0.2) is 24.3 Å². The van der Waals surface area contributed by atoms with Crippen LogP contribution >= 0.6 is 0 Å². The maximum absolute atomic E-state index is 10.4. The molecule has 0 fully saturated rings. The number of esters is 1. The summed E-state index contributed by atoms with van der Waals surface area (Å²) in [4.78, 5) is 29.6. The molecule has 0 heterocycles. The zero-order valence-corrected chi connectivity index (χ0v) is 10.1. The van der Waals surface area contributed by atoms with E-state index in [2.05, 4.69) is 4.74 Å². The number of rotatable bonds is 4. The summed E-state index contributed by atoms with van der Waals surface area (Å²) in [5.41, 5.74) is 0.269. The fourth-order valence-electron chi connectivity index (χ4n) is 0.910. The molecule has 0 aliphatic heterocycles. The minimum Gasteiger partial charge on any atom is -0.497 e. The van der Waals surface area contributed by atoms with Crippen LogP contribution in [0.4, 0.5) is 0 Å². The highest BCUT2D eigenvalue weighted by Crippen LogP contribution is 2.10. The second-order valence-electron chi connectivity index (χ2n) is 2.90. The van der Waals surface area contributed by atoms with E-state index < -0.39 is 11.9 Å². The molecule has 0 aromatic heterocycles. The van der Waals surface area contributed by atoms with Gasteiger partial charge in [-0.1, -0.05) is 0 Å². The molecule has 0 saturated carbocycles. The molecule has 0 atom stereocenters. The molecule has 0 spiro atoms. The summed E-state index contributed by atoms with van der Waals surface area (Å²) in [6.07, 6.45) is 0.142. The van der Waals surface area contributed by atoms with Crippen LogP contribution in [0.1, 0.15) is 17.3 Å². The number of ether oxygens (including phenoxy) is 2. The normalized spacial score (nSPS) is 8.56. The van der Waals surface area contributed by atoms with Gasteiger partial charge in [0.05, 0.1) is 19.3 Å². The highest BCUT2D eigenvalue weighted by atomic mass is 16.5. The van der Waals surface area contributed by atoms with Gasteiger partial charge in [-0.05, 0) is 31.2 Å². The first-order valence-corrected chi connectivity index (χ1v) is 5.04. The Labute approximate surface area is 104 Å². The Morgan fingerprint density at radius 2 is 1.83 bits per heavy atom. The number of carbonyl (C=O) groups excluding carboxylic acids is 2. The Bertz CT molecular complexity index is 396. The maximum Gasteiger partial charge on any atom is 0.371 e. The Kier molecular flexibility index (Phi) is 7.59. The lowest BCUT2D eigenvalue weighted by Gasteiger charge is -1.98. The third-order valence-electron chi connectivity index (χ3n) is 1.72. The summed E-state index contributed by atoms with van der Waals surface area (Å²) in [6.45, 7) is 1.90. The standard InChI is InChI=1S/C8H8O3.C4H6O3/c1-11-7-4-2-6(3-5-7)8(9)10;1-2-7-4(6)3-5/h2-5H,1H3,(H,9,10);3H,2H2,1H3. The first-order chi connectivity index (χ1) is 8.54. The van der Waals surface area contributed by atoms with Gasteiger partial charge in [0.15, 0.2) is 0 Å². The molecule has 98 valence electrons. The fraction of sp³-hybridized carbons (Fsp3) is 0.250. The molecule has 0 aliphatic carbocycles. The lowest BCUT2D eigenvalue weighted by molar-refractivity contribution is -0.148. The van der Waals surface area contributed by atoms with E-state index in [4.69, 9.17) is 9.84 Å². The zero-order valence-electron chi connectivity index (χ0n) is 10.1. The van der Waals surface area contributed by atoms with Crippen molar-refractivity contribution in [3.8, 4) is 5.75 Å². The quantitative estimate of drug-likeness (QED) is 0.492. The van der Waals surface area contributed by atoms with E-state index in [-0.39, 0.29) is 18.5 Å². The van der Waals surface area contributed by atoms with Crippen molar-refractivity contribution in [3.63, 3.8) is 0 Å². The number of benzene rings is 1. The van der Waals surface area contributed by atoms with Crippen LogP contribution in [-0.2, 0) is 14.3 Å². The second kappa shape index (κ2) is 8.74. The number of carboxylic acid groups (broad SMARTS) is 1. The molecule has 0 unspecified atom stereocenters. The van der Waals surface area contributed by atoms with Gasteiger partial charge in [-0.3, -0.25) is 4.79 Å². The molecule has 0 amide bonds. The minimum atomic E-state index is -0.923. The Balaban J connectivity index is 0.000000360. The maximum atomic E-state index is 10.4. The summed E-state index contributed by atoms with van der Waals surface area (Å²) in [7, 11) is 1.54. The number of carboxylic acids is 1. The summed E-state index contributed by atoms with van der Waals surface area (Å²) in [5.74, 6) is -1.06. The lowest BCUT2D eigenvalue weighted by atomic mass is 10.2. The van der Waals surface area contributed by atoms with Crippen LogP contribution < -0.4 is 4.74 Å². The highest BCUT2D eigenvalue weighted by Gasteiger charge is 2.00. The summed E-state index contributed by atoms with van der Waals surface area (Å²) in [5, 5.41) is 8.51. The highest BCUT2D eigenvalue weighted by molar-refractivity contribution is 6.20. The van der Waals surface area contributed by atoms with E-state index in [0.29, 0.717) is 5.75 Å². The number of methoxy groups -OCH3 is 1. The Hall–Kier alpha value is -2.37. The average molecular weight is 254 g/mol. The van der Waals surface area contributed by atoms with Gasteiger partial charge < -0.3 is 14.6 Å². The number of carbonyl (C=O) groups is 3. The average Bonchev–Trinajstić information content (AvgIpc) is 2.39. The lowest BCUT2D eigenvalue weighted by Crippen LogP contribution is -2.03. The largest absolute Gasteiger partial charge is 0.497 e. The molecule has 18 heavy (non-hydrogen) atoms. The zero-order chi connectivity index (χ0) is 14.0. The molecule has 1 aromatic rings. The van der Waals surface area contributed by atoms with Gasteiger partial charge in [0, 0.05) is 0 Å². The molecule has 0 saturated heterocycles. The van der Waals surface area contributed by atoms with E-state index in [0.717, 1.165) is 0 Å². The monoisotopic (exact) mass is 254 g/mol. The van der Waals surface area contributed by atoms with Crippen LogP contribution in [0, 0.1) is 0 Å². The molecular weight excluding hydrogens is 240 g/mol. The van der Waals surface area contributed by atoms with Gasteiger partial charge in [-0.15, -0.1) is 0 Å². The number of aromatic carboxylic acids is 1. The van der Waals surface area contributed by atoms with Gasteiger partial charge in [-0.25, -0.2) is 9.59 Å². The van der Waals surface area contributed by atoms with Crippen LogP contribution in [0.3, 0.4) is 0 Å². The SMILES string of the molecule is CCOC(=O)C=O.COc1ccc(C(=O)O)cc1. The van der Waals surface area contributed by atoms with E-state index in [1.54, 1.807) is 19.1 Å². The predicted octanol–water partition coefficient (Wildman–Crippen LogP) is 1.14. The van der Waals surface area contributed by atoms with Gasteiger partial charge in [0.25, 0.3) is 0 Å². The molecule has 0 radical (unpaired) electrons. The first kappa shape index (κ1) is 15.6. The molecule has 0 aliphatic rings. The molecule has 6 heteroatoms. The van der Waals surface area contributed by atoms with Crippen LogP contribution in [0.5, 0.6) is 5.75 Å². The number of hydrogen-bond acceptors (Lipinski definition) is 5. The van der Waals surface area contributed by atoms with Gasteiger partial charge in [-0.2, -0.15) is 0 Å². The van der Waals surface area contributed by atoms with E-state index in [9.17, 15) is 14.4 Å². The van der Waals surface area contributed by atoms with Crippen molar-refractivity contribution in [2.45, 2.75) is 6.92 Å². The van der Waals surface area contributed by atoms with E-state index in [1.165, 1.54) is 19.2 Å². The van der Waals surface area contributed by atoms with Crippen molar-refractivity contribution in [3.05, 3.63) is 29.8 Å². The van der Waals surface area contributed by atoms with Crippen LogP contribution in [0.25, 0.3) is 0 Å². The van der Waals surface area contributed by atoms with Gasteiger partial charge >= 0.3 is 11.9 Å². The summed E-state index contributed by atoms with van der Waals surface area (Å²) >= 11 is 0. The van der Waals surface area contributed by atoms with E-state index in [1.807, 2.05) is 0 Å².